The van der Waals surface area contributed by atoms with Crippen LogP contribution in [0.3, 0.4) is 0 Å². The highest BCUT2D eigenvalue weighted by molar-refractivity contribution is 8.03. The smallest absolute Gasteiger partial charge is 0.360 e. The molecule has 0 unspecified atom stereocenters. The molecule has 6 rings (SSSR count). The lowest BCUT2D eigenvalue weighted by Crippen LogP contribution is -2.63. The molecule has 4 heterocycles. The van der Waals surface area contributed by atoms with Gasteiger partial charge < -0.3 is 24.0 Å². The highest BCUT2D eigenvalue weighted by Crippen LogP contribution is 2.52. The molecule has 52 heavy (non-hydrogen) atoms. The van der Waals surface area contributed by atoms with E-state index in [-0.39, 0.29) is 65.1 Å². The van der Waals surface area contributed by atoms with Gasteiger partial charge in [-0.1, -0.05) is 18.2 Å². The molecule has 272 valence electrons. The SMILES string of the molecule is C[C@@H](O)[C@H]1C(=O)N2C(C(=O)OCc3ccc([N+](=O)[O-])cc3)=C(S[C@H]3C[C@@H](/C=C/c4cc(C(=O)OCc5ccc([N+](=O)[O-])cc5)no4)N(C)C3)[C@H](C)[C@H]12. The Morgan fingerprint density at radius 3 is 2.17 bits per heavy atom. The van der Waals surface area contributed by atoms with Crippen molar-refractivity contribution < 1.29 is 43.3 Å². The summed E-state index contributed by atoms with van der Waals surface area (Å²) < 4.78 is 16.2. The number of aliphatic hydroxyl groups is 1. The van der Waals surface area contributed by atoms with Gasteiger partial charge in [0.25, 0.3) is 11.4 Å². The molecule has 3 aromatic rings. The van der Waals surface area contributed by atoms with E-state index < -0.39 is 33.8 Å². The van der Waals surface area contributed by atoms with Crippen molar-refractivity contribution >= 4 is 47.1 Å². The lowest BCUT2D eigenvalue weighted by molar-refractivity contribution is -0.385. The highest BCUT2D eigenvalue weighted by Gasteiger charge is 2.60. The average molecular weight is 734 g/mol. The first kappa shape index (κ1) is 36.4. The minimum atomic E-state index is -0.890. The normalized spacial score (nSPS) is 23.4. The number of hydrogen-bond donors (Lipinski definition) is 1. The first-order chi connectivity index (χ1) is 24.8. The fraction of sp³-hybridized carbons (Fsp3) is 0.371. The molecule has 0 bridgehead atoms. The molecule has 2 saturated heterocycles. The van der Waals surface area contributed by atoms with Crippen LogP contribution in [0.25, 0.3) is 6.08 Å². The molecule has 1 N–H and O–H groups in total. The summed E-state index contributed by atoms with van der Waals surface area (Å²) in [5.41, 5.74) is 1.12. The Kier molecular flexibility index (Phi) is 10.5. The fourth-order valence-corrected chi connectivity index (χ4v) is 8.29. The van der Waals surface area contributed by atoms with E-state index in [1.807, 2.05) is 20.0 Å². The number of carbonyl (C=O) groups excluding carboxylic acids is 3. The molecule has 3 aliphatic heterocycles. The van der Waals surface area contributed by atoms with Gasteiger partial charge in [0.1, 0.15) is 18.9 Å². The van der Waals surface area contributed by atoms with E-state index in [1.54, 1.807) is 13.0 Å². The predicted octanol–water partition coefficient (Wildman–Crippen LogP) is 4.48. The van der Waals surface area contributed by atoms with Gasteiger partial charge >= 0.3 is 11.9 Å². The third-order valence-corrected chi connectivity index (χ3v) is 10.9. The number of likely N-dealkylation sites (tertiary alicyclic amines) is 1. The number of nitrogens with zero attached hydrogens (tertiary/aromatic N) is 5. The zero-order chi connectivity index (χ0) is 37.3. The number of fused-ring (bicyclic) bond motifs is 1. The Labute approximate surface area is 301 Å². The molecular formula is C35H35N5O11S. The Morgan fingerprint density at radius 2 is 1.62 bits per heavy atom. The van der Waals surface area contributed by atoms with Crippen LogP contribution in [0.15, 0.2) is 75.8 Å². The first-order valence-corrected chi connectivity index (χ1v) is 17.3. The van der Waals surface area contributed by atoms with Gasteiger partial charge in [0.2, 0.25) is 5.91 Å². The van der Waals surface area contributed by atoms with Crippen LogP contribution in [-0.2, 0) is 32.3 Å². The van der Waals surface area contributed by atoms with Crippen molar-refractivity contribution in [2.75, 3.05) is 13.6 Å². The summed E-state index contributed by atoms with van der Waals surface area (Å²) in [4.78, 5) is 64.4. The van der Waals surface area contributed by atoms with Crippen LogP contribution in [0, 0.1) is 32.1 Å². The van der Waals surface area contributed by atoms with Gasteiger partial charge in [0.15, 0.2) is 11.5 Å². The largest absolute Gasteiger partial charge is 0.456 e. The van der Waals surface area contributed by atoms with Gasteiger partial charge in [-0.15, -0.1) is 11.8 Å². The van der Waals surface area contributed by atoms with Crippen molar-refractivity contribution in [3.05, 3.63) is 114 Å². The van der Waals surface area contributed by atoms with Crippen molar-refractivity contribution in [3.63, 3.8) is 0 Å². The van der Waals surface area contributed by atoms with E-state index in [0.29, 0.717) is 34.8 Å². The van der Waals surface area contributed by atoms with E-state index in [0.717, 1.165) is 0 Å². The van der Waals surface area contributed by atoms with Crippen molar-refractivity contribution in [1.82, 2.24) is 15.0 Å². The molecule has 6 atom stereocenters. The molecule has 3 aliphatic rings. The molecule has 2 aromatic carbocycles. The number of likely N-dealkylation sites (N-methyl/N-ethyl adjacent to an activating group) is 1. The fourth-order valence-electron chi connectivity index (χ4n) is 6.68. The first-order valence-electron chi connectivity index (χ1n) is 16.4. The van der Waals surface area contributed by atoms with Crippen LogP contribution in [0.4, 0.5) is 11.4 Å². The number of esters is 2. The van der Waals surface area contributed by atoms with E-state index in [2.05, 4.69) is 10.1 Å². The summed E-state index contributed by atoms with van der Waals surface area (Å²) in [5.74, 6) is -2.25. The van der Waals surface area contributed by atoms with Crippen LogP contribution in [0.2, 0.25) is 0 Å². The summed E-state index contributed by atoms with van der Waals surface area (Å²) in [6.07, 6.45) is 3.44. The molecule has 17 heteroatoms. The van der Waals surface area contributed by atoms with Gasteiger partial charge in [-0.25, -0.2) is 9.59 Å². The maximum Gasteiger partial charge on any atom is 0.360 e. The molecule has 0 aliphatic carbocycles. The summed E-state index contributed by atoms with van der Waals surface area (Å²) in [7, 11) is 1.96. The van der Waals surface area contributed by atoms with Gasteiger partial charge in [-0.05, 0) is 61.9 Å². The van der Waals surface area contributed by atoms with E-state index in [4.69, 9.17) is 14.0 Å². The predicted molar refractivity (Wildman–Crippen MR) is 185 cm³/mol. The zero-order valence-corrected chi connectivity index (χ0v) is 29.1. The van der Waals surface area contributed by atoms with Gasteiger partial charge in [-0.3, -0.25) is 29.9 Å². The number of thioether (sulfide) groups is 1. The Morgan fingerprint density at radius 1 is 1.04 bits per heavy atom. The third kappa shape index (κ3) is 7.46. The Balaban J connectivity index is 1.09. The van der Waals surface area contributed by atoms with E-state index in [9.17, 15) is 39.7 Å². The average Bonchev–Trinajstić information content (AvgIpc) is 3.80. The van der Waals surface area contributed by atoms with Crippen LogP contribution in [-0.4, -0.2) is 84.8 Å². The molecule has 0 spiro atoms. The van der Waals surface area contributed by atoms with Crippen LogP contribution >= 0.6 is 11.8 Å². The number of aliphatic hydroxyl groups excluding tert-OH is 1. The molecule has 1 amide bonds. The standard InChI is InChI=1S/C35H35N5O11S/c1-19-30-29(20(2)41)33(42)38(30)31(35(44)50-18-22-6-10-24(11-7-22)40(47)48)32(19)52-27-14-25(37(3)16-27)12-13-26-15-28(36-51-26)34(43)49-17-21-4-8-23(9-5-21)39(45)46/h4-13,15,19-20,25,27,29-30,41H,14,16-18H2,1-3H3/b13-12+/t19-,20-,25-,27+,29-,30-/m1/s1. The topological polar surface area (TPSA) is 209 Å². The monoisotopic (exact) mass is 733 g/mol. The Hall–Kier alpha value is -5.39. The van der Waals surface area contributed by atoms with Gasteiger partial charge in [-0.2, -0.15) is 0 Å². The van der Waals surface area contributed by atoms with Crippen molar-refractivity contribution in [2.24, 2.45) is 11.8 Å². The van der Waals surface area contributed by atoms with E-state index in [1.165, 1.54) is 71.3 Å². The number of ether oxygens (including phenoxy) is 2. The second-order valence-electron chi connectivity index (χ2n) is 12.9. The number of benzene rings is 2. The third-order valence-electron chi connectivity index (χ3n) is 9.41. The summed E-state index contributed by atoms with van der Waals surface area (Å²) >= 11 is 1.51. The lowest BCUT2D eigenvalue weighted by Gasteiger charge is -2.46. The second-order valence-corrected chi connectivity index (χ2v) is 14.3. The number of non-ortho nitro benzene ring substituents is 2. The number of nitro groups is 2. The van der Waals surface area contributed by atoms with Crippen LogP contribution < -0.4 is 0 Å². The Bertz CT molecular complexity index is 1940. The number of amides is 1. The van der Waals surface area contributed by atoms with Crippen molar-refractivity contribution in [1.29, 1.82) is 0 Å². The quantitative estimate of drug-likeness (QED) is 0.111. The molecular weight excluding hydrogens is 698 g/mol. The van der Waals surface area contributed by atoms with Crippen LogP contribution in [0.1, 0.15) is 47.6 Å². The minimum absolute atomic E-state index is 0.0281. The zero-order valence-electron chi connectivity index (χ0n) is 28.3. The lowest BCUT2D eigenvalue weighted by atomic mass is 9.79. The molecule has 2 fully saturated rings. The number of carbonyl (C=O) groups is 3. The second kappa shape index (κ2) is 15.1. The molecule has 16 nitrogen and oxygen atoms in total. The highest BCUT2D eigenvalue weighted by atomic mass is 32.2. The number of rotatable bonds is 13. The number of hydrogen-bond acceptors (Lipinski definition) is 14. The van der Waals surface area contributed by atoms with Gasteiger partial charge in [0.05, 0.1) is 27.9 Å². The molecule has 1 aromatic heterocycles. The number of aromatic nitrogens is 1. The van der Waals surface area contributed by atoms with Crippen LogP contribution in [0.5, 0.6) is 0 Å². The van der Waals surface area contributed by atoms with Crippen molar-refractivity contribution in [3.8, 4) is 0 Å². The minimum Gasteiger partial charge on any atom is -0.456 e. The molecule has 0 radical (unpaired) electrons. The molecule has 0 saturated carbocycles. The summed E-state index contributed by atoms with van der Waals surface area (Å²) in [5, 5.41) is 36.0. The van der Waals surface area contributed by atoms with Crippen molar-refractivity contribution in [2.45, 2.75) is 56.9 Å². The maximum absolute atomic E-state index is 13.6. The number of β-lactam (4-membered cyclic amide) rings is 1. The summed E-state index contributed by atoms with van der Waals surface area (Å²) in [6.45, 7) is 3.93. The maximum atomic E-state index is 13.6. The van der Waals surface area contributed by atoms with E-state index >= 15 is 0 Å². The number of nitro benzene ring substituents is 2. The summed E-state index contributed by atoms with van der Waals surface area (Å²) in [6, 6.07) is 12.4. The van der Waals surface area contributed by atoms with Gasteiger partial charge in [0, 0.05) is 59.0 Å².